The zero-order valence-corrected chi connectivity index (χ0v) is 11.2. The van der Waals surface area contributed by atoms with Crippen LogP contribution in [0.1, 0.15) is 44.2 Å². The monoisotopic (exact) mass is 272 g/mol. The van der Waals surface area contributed by atoms with Crippen molar-refractivity contribution in [2.75, 3.05) is 0 Å². The van der Waals surface area contributed by atoms with E-state index in [0.717, 1.165) is 37.1 Å². The molecule has 1 aromatic carbocycles. The molecule has 0 aliphatic rings. The molecule has 0 radical (unpaired) electrons. The lowest BCUT2D eigenvalue weighted by molar-refractivity contribution is -0.137. The second-order valence-electron chi connectivity index (χ2n) is 4.50. The Morgan fingerprint density at radius 2 is 1.84 bits per heavy atom. The second kappa shape index (κ2) is 6.70. The Kier molecular flexibility index (Phi) is 5.54. The quantitative estimate of drug-likeness (QED) is 0.809. The maximum atomic E-state index is 12.5. The van der Waals surface area contributed by atoms with E-state index in [2.05, 4.69) is 11.9 Å². The SMILES string of the molecule is CCCC/C(=N\C(C)N)c1ccc(C(F)(F)F)cc1. The van der Waals surface area contributed by atoms with Crippen LogP contribution in [0.3, 0.4) is 0 Å². The summed E-state index contributed by atoms with van der Waals surface area (Å²) in [6.07, 6.45) is -2.00. The smallest absolute Gasteiger partial charge is 0.310 e. The van der Waals surface area contributed by atoms with E-state index in [-0.39, 0.29) is 6.17 Å². The summed E-state index contributed by atoms with van der Waals surface area (Å²) < 4.78 is 37.4. The van der Waals surface area contributed by atoms with Crippen molar-refractivity contribution < 1.29 is 13.2 Å². The lowest BCUT2D eigenvalue weighted by Gasteiger charge is -2.11. The molecule has 1 rings (SSSR count). The van der Waals surface area contributed by atoms with Gasteiger partial charge in [0.25, 0.3) is 0 Å². The molecule has 1 aromatic rings. The highest BCUT2D eigenvalue weighted by atomic mass is 19.4. The average Bonchev–Trinajstić information content (AvgIpc) is 2.33. The Balaban J connectivity index is 2.97. The molecule has 5 heteroatoms. The third-order valence-corrected chi connectivity index (χ3v) is 2.67. The van der Waals surface area contributed by atoms with Crippen LogP contribution in [0, 0.1) is 0 Å². The van der Waals surface area contributed by atoms with E-state index in [1.54, 1.807) is 6.92 Å². The average molecular weight is 272 g/mol. The number of hydrogen-bond acceptors (Lipinski definition) is 2. The van der Waals surface area contributed by atoms with Crippen molar-refractivity contribution in [2.45, 2.75) is 45.5 Å². The van der Waals surface area contributed by atoms with Gasteiger partial charge in [0.2, 0.25) is 0 Å². The minimum absolute atomic E-state index is 0.353. The standard InChI is InChI=1S/C14H19F3N2/c1-3-4-5-13(19-10(2)18)11-6-8-12(9-7-11)14(15,16)17/h6-10H,3-5,18H2,1-2H3/b19-13+. The van der Waals surface area contributed by atoms with Gasteiger partial charge in [0.15, 0.2) is 0 Å². The Labute approximate surface area is 111 Å². The first kappa shape index (κ1) is 15.7. The second-order valence-corrected chi connectivity index (χ2v) is 4.50. The number of rotatable bonds is 5. The summed E-state index contributed by atoms with van der Waals surface area (Å²) in [6, 6.07) is 5.08. The third kappa shape index (κ3) is 5.03. The van der Waals surface area contributed by atoms with Crippen LogP contribution in [0.4, 0.5) is 13.2 Å². The summed E-state index contributed by atoms with van der Waals surface area (Å²) in [5, 5.41) is 0. The van der Waals surface area contributed by atoms with Crippen molar-refractivity contribution in [3.8, 4) is 0 Å². The van der Waals surface area contributed by atoms with Crippen LogP contribution in [0.15, 0.2) is 29.3 Å². The molecule has 0 aromatic heterocycles. The molecule has 0 saturated heterocycles. The number of benzene rings is 1. The summed E-state index contributed by atoms with van der Waals surface area (Å²) in [6.45, 7) is 3.80. The van der Waals surface area contributed by atoms with E-state index < -0.39 is 11.7 Å². The molecule has 0 heterocycles. The van der Waals surface area contributed by atoms with Gasteiger partial charge >= 0.3 is 6.18 Å². The van der Waals surface area contributed by atoms with Gasteiger partial charge in [-0.3, -0.25) is 4.99 Å². The van der Waals surface area contributed by atoms with Crippen LogP contribution in [-0.4, -0.2) is 11.9 Å². The summed E-state index contributed by atoms with van der Waals surface area (Å²) in [5.41, 5.74) is 6.46. The van der Waals surface area contributed by atoms with Gasteiger partial charge < -0.3 is 5.73 Å². The maximum absolute atomic E-state index is 12.5. The lowest BCUT2D eigenvalue weighted by atomic mass is 10.0. The zero-order chi connectivity index (χ0) is 14.5. The van der Waals surface area contributed by atoms with Crippen LogP contribution < -0.4 is 5.73 Å². The van der Waals surface area contributed by atoms with Crippen molar-refractivity contribution in [3.05, 3.63) is 35.4 Å². The van der Waals surface area contributed by atoms with Gasteiger partial charge in [0.05, 0.1) is 11.7 Å². The minimum Gasteiger partial charge on any atom is -0.310 e. The Morgan fingerprint density at radius 1 is 1.26 bits per heavy atom. The van der Waals surface area contributed by atoms with E-state index in [1.807, 2.05) is 0 Å². The van der Waals surface area contributed by atoms with Gasteiger partial charge in [-0.15, -0.1) is 0 Å². The normalized spacial score (nSPS) is 14.5. The predicted octanol–water partition coefficient (Wildman–Crippen LogP) is 3.99. The highest BCUT2D eigenvalue weighted by Crippen LogP contribution is 2.29. The number of unbranched alkanes of at least 4 members (excludes halogenated alkanes) is 1. The van der Waals surface area contributed by atoms with E-state index in [1.165, 1.54) is 12.1 Å². The topological polar surface area (TPSA) is 38.4 Å². The molecule has 19 heavy (non-hydrogen) atoms. The first-order chi connectivity index (χ1) is 8.84. The van der Waals surface area contributed by atoms with Crippen LogP contribution in [0.25, 0.3) is 0 Å². The molecular formula is C14H19F3N2. The molecular weight excluding hydrogens is 253 g/mol. The highest BCUT2D eigenvalue weighted by Gasteiger charge is 2.30. The van der Waals surface area contributed by atoms with Crippen molar-refractivity contribution >= 4 is 5.71 Å². The van der Waals surface area contributed by atoms with E-state index >= 15 is 0 Å². The zero-order valence-electron chi connectivity index (χ0n) is 11.2. The minimum atomic E-state index is -4.31. The first-order valence-corrected chi connectivity index (χ1v) is 6.34. The van der Waals surface area contributed by atoms with Crippen LogP contribution >= 0.6 is 0 Å². The van der Waals surface area contributed by atoms with Crippen LogP contribution in [-0.2, 0) is 6.18 Å². The molecule has 0 spiro atoms. The lowest BCUT2D eigenvalue weighted by Crippen LogP contribution is -2.16. The molecule has 106 valence electrons. The molecule has 0 aliphatic heterocycles. The largest absolute Gasteiger partial charge is 0.416 e. The first-order valence-electron chi connectivity index (χ1n) is 6.34. The Hall–Kier alpha value is -1.36. The van der Waals surface area contributed by atoms with E-state index in [9.17, 15) is 13.2 Å². The van der Waals surface area contributed by atoms with Gasteiger partial charge in [-0.25, -0.2) is 0 Å². The maximum Gasteiger partial charge on any atom is 0.416 e. The van der Waals surface area contributed by atoms with Crippen molar-refractivity contribution in [2.24, 2.45) is 10.7 Å². The summed E-state index contributed by atoms with van der Waals surface area (Å²) in [7, 11) is 0. The molecule has 0 saturated carbocycles. The molecule has 0 bridgehead atoms. The van der Waals surface area contributed by atoms with E-state index in [0.29, 0.717) is 5.56 Å². The summed E-state index contributed by atoms with van der Waals surface area (Å²) >= 11 is 0. The predicted molar refractivity (Wildman–Crippen MR) is 71.2 cm³/mol. The molecule has 1 unspecified atom stereocenters. The van der Waals surface area contributed by atoms with E-state index in [4.69, 9.17) is 5.73 Å². The highest BCUT2D eigenvalue weighted by molar-refractivity contribution is 6.00. The van der Waals surface area contributed by atoms with Gasteiger partial charge in [-0.2, -0.15) is 13.2 Å². The number of aliphatic imine (C=N–C) groups is 1. The Morgan fingerprint density at radius 3 is 2.26 bits per heavy atom. The summed E-state index contributed by atoms with van der Waals surface area (Å²) in [4.78, 5) is 4.29. The van der Waals surface area contributed by atoms with Crippen molar-refractivity contribution in [3.63, 3.8) is 0 Å². The van der Waals surface area contributed by atoms with Gasteiger partial charge in [-0.1, -0.05) is 25.5 Å². The van der Waals surface area contributed by atoms with Gasteiger partial charge in [0.1, 0.15) is 0 Å². The van der Waals surface area contributed by atoms with Crippen molar-refractivity contribution in [1.29, 1.82) is 0 Å². The molecule has 2 nitrogen and oxygen atoms in total. The number of alkyl halides is 3. The number of hydrogen-bond donors (Lipinski definition) is 1. The fourth-order valence-electron chi connectivity index (χ4n) is 1.73. The number of halogens is 3. The fraction of sp³-hybridized carbons (Fsp3) is 0.500. The molecule has 0 amide bonds. The Bertz CT molecular complexity index is 419. The van der Waals surface area contributed by atoms with Crippen LogP contribution in [0.2, 0.25) is 0 Å². The fourth-order valence-corrected chi connectivity index (χ4v) is 1.73. The van der Waals surface area contributed by atoms with Crippen molar-refractivity contribution in [1.82, 2.24) is 0 Å². The van der Waals surface area contributed by atoms with Gasteiger partial charge in [-0.05, 0) is 37.5 Å². The molecule has 2 N–H and O–H groups in total. The molecule has 0 aliphatic carbocycles. The molecule has 0 fully saturated rings. The third-order valence-electron chi connectivity index (χ3n) is 2.67. The number of nitrogens with zero attached hydrogens (tertiary/aromatic N) is 1. The summed E-state index contributed by atoms with van der Waals surface area (Å²) in [5.74, 6) is 0. The number of nitrogens with two attached hydrogens (primary N) is 1. The molecule has 1 atom stereocenters. The van der Waals surface area contributed by atoms with Crippen LogP contribution in [0.5, 0.6) is 0 Å². The van der Waals surface area contributed by atoms with Gasteiger partial charge in [0, 0.05) is 5.71 Å².